The first-order valence-corrected chi connectivity index (χ1v) is 10.5. The van der Waals surface area contributed by atoms with Crippen molar-refractivity contribution < 1.29 is 14.0 Å². The van der Waals surface area contributed by atoms with Gasteiger partial charge in [0, 0.05) is 35.8 Å². The molecule has 0 radical (unpaired) electrons. The predicted octanol–water partition coefficient (Wildman–Crippen LogP) is 4.83. The summed E-state index contributed by atoms with van der Waals surface area (Å²) in [6.07, 6.45) is 0.981. The average molecular weight is 429 g/mol. The highest BCUT2D eigenvalue weighted by Crippen LogP contribution is 2.31. The van der Waals surface area contributed by atoms with Crippen molar-refractivity contribution >= 4 is 28.4 Å². The Bertz CT molecular complexity index is 1260. The number of hydrogen-bond acceptors (Lipinski definition) is 2. The number of rotatable bonds is 7. The third kappa shape index (κ3) is 4.70. The van der Waals surface area contributed by atoms with E-state index in [0.717, 1.165) is 33.3 Å². The number of benzene rings is 3. The second kappa shape index (κ2) is 9.47. The molecule has 0 fully saturated rings. The van der Waals surface area contributed by atoms with E-state index >= 15 is 0 Å². The zero-order valence-electron chi connectivity index (χ0n) is 17.7. The summed E-state index contributed by atoms with van der Waals surface area (Å²) in [6.45, 7) is 0. The van der Waals surface area contributed by atoms with Crippen LogP contribution in [0, 0.1) is 5.82 Å². The van der Waals surface area contributed by atoms with Gasteiger partial charge < -0.3 is 15.6 Å². The maximum Gasteiger partial charge on any atom is 0.224 e. The third-order valence-corrected chi connectivity index (χ3v) is 5.47. The number of aromatic nitrogens is 1. The van der Waals surface area contributed by atoms with Gasteiger partial charge in [-0.15, -0.1) is 0 Å². The van der Waals surface area contributed by atoms with Crippen molar-refractivity contribution in [3.05, 3.63) is 89.7 Å². The van der Waals surface area contributed by atoms with Gasteiger partial charge in [-0.2, -0.15) is 0 Å². The number of fused-ring (bicyclic) bond motifs is 1. The van der Waals surface area contributed by atoms with E-state index in [1.807, 2.05) is 42.5 Å². The highest BCUT2D eigenvalue weighted by atomic mass is 19.1. The van der Waals surface area contributed by atoms with Crippen molar-refractivity contribution in [3.8, 4) is 11.3 Å². The molecule has 0 saturated heterocycles. The Morgan fingerprint density at radius 2 is 1.62 bits per heavy atom. The number of nitrogens with one attached hydrogen (secondary N) is 3. The van der Waals surface area contributed by atoms with Crippen molar-refractivity contribution in [1.29, 1.82) is 0 Å². The number of anilines is 1. The number of hydrogen-bond donors (Lipinski definition) is 3. The molecule has 5 nitrogen and oxygen atoms in total. The highest BCUT2D eigenvalue weighted by Gasteiger charge is 2.15. The largest absolute Gasteiger partial charge is 0.359 e. The van der Waals surface area contributed by atoms with E-state index in [4.69, 9.17) is 0 Å². The summed E-state index contributed by atoms with van der Waals surface area (Å²) in [5.74, 6) is -0.541. The van der Waals surface area contributed by atoms with Crippen LogP contribution in [0.1, 0.15) is 17.5 Å². The summed E-state index contributed by atoms with van der Waals surface area (Å²) < 4.78 is 13.4. The molecule has 0 aliphatic heterocycles. The van der Waals surface area contributed by atoms with Crippen LogP contribution in [0.4, 0.5) is 10.1 Å². The molecule has 6 heteroatoms. The molecule has 1 heterocycles. The molecule has 0 aliphatic rings. The summed E-state index contributed by atoms with van der Waals surface area (Å²) in [6, 6.07) is 21.5. The Hall–Kier alpha value is -3.93. The summed E-state index contributed by atoms with van der Waals surface area (Å²) in [7, 11) is 1.59. The van der Waals surface area contributed by atoms with E-state index in [1.54, 1.807) is 25.2 Å². The Kier molecular flexibility index (Phi) is 6.31. The van der Waals surface area contributed by atoms with Gasteiger partial charge in [0.15, 0.2) is 0 Å². The van der Waals surface area contributed by atoms with Crippen molar-refractivity contribution in [3.63, 3.8) is 0 Å². The van der Waals surface area contributed by atoms with E-state index in [2.05, 4.69) is 15.6 Å². The molecule has 0 atom stereocenters. The van der Waals surface area contributed by atoms with Crippen LogP contribution < -0.4 is 10.6 Å². The Balaban J connectivity index is 1.55. The van der Waals surface area contributed by atoms with Crippen LogP contribution in [-0.4, -0.2) is 23.8 Å². The Morgan fingerprint density at radius 3 is 2.41 bits per heavy atom. The molecular formula is C26H24FN3O2. The van der Waals surface area contributed by atoms with Crippen LogP contribution in [0.25, 0.3) is 22.2 Å². The van der Waals surface area contributed by atoms with Gasteiger partial charge in [0.05, 0.1) is 6.42 Å². The van der Waals surface area contributed by atoms with Crippen LogP contribution in [0.5, 0.6) is 0 Å². The van der Waals surface area contributed by atoms with Crippen LogP contribution in [0.15, 0.2) is 72.8 Å². The molecule has 0 bridgehead atoms. The molecule has 3 aromatic carbocycles. The first-order chi connectivity index (χ1) is 15.5. The normalized spacial score (nSPS) is 10.8. The molecule has 4 rings (SSSR count). The fourth-order valence-corrected chi connectivity index (χ4v) is 3.83. The van der Waals surface area contributed by atoms with E-state index in [9.17, 15) is 14.0 Å². The number of halogens is 1. The first-order valence-electron chi connectivity index (χ1n) is 10.5. The summed E-state index contributed by atoms with van der Waals surface area (Å²) >= 11 is 0. The topological polar surface area (TPSA) is 74.0 Å². The molecular weight excluding hydrogens is 405 g/mol. The maximum atomic E-state index is 13.4. The Labute approximate surface area is 185 Å². The second-order valence-corrected chi connectivity index (χ2v) is 7.59. The number of carbonyl (C=O) groups excluding carboxylic acids is 2. The van der Waals surface area contributed by atoms with Crippen LogP contribution in [-0.2, 0) is 22.4 Å². The molecule has 3 N–H and O–H groups in total. The van der Waals surface area contributed by atoms with Gasteiger partial charge >= 0.3 is 0 Å². The van der Waals surface area contributed by atoms with Crippen molar-refractivity contribution in [2.24, 2.45) is 0 Å². The van der Waals surface area contributed by atoms with Gasteiger partial charge in [-0.3, -0.25) is 9.59 Å². The Morgan fingerprint density at radius 1 is 0.906 bits per heavy atom. The van der Waals surface area contributed by atoms with Crippen molar-refractivity contribution in [1.82, 2.24) is 10.3 Å². The lowest BCUT2D eigenvalue weighted by Crippen LogP contribution is -2.21. The molecule has 0 spiro atoms. The predicted molar refractivity (Wildman–Crippen MR) is 125 cm³/mol. The number of aromatic amines is 1. The van der Waals surface area contributed by atoms with E-state index in [0.29, 0.717) is 12.1 Å². The van der Waals surface area contributed by atoms with E-state index < -0.39 is 0 Å². The summed E-state index contributed by atoms with van der Waals surface area (Å²) in [4.78, 5) is 28.0. The monoisotopic (exact) mass is 429 g/mol. The molecule has 4 aromatic rings. The molecule has 1 aromatic heterocycles. The minimum Gasteiger partial charge on any atom is -0.359 e. The molecule has 0 unspecified atom stereocenters. The summed E-state index contributed by atoms with van der Waals surface area (Å²) in [5, 5.41) is 6.58. The lowest BCUT2D eigenvalue weighted by Gasteiger charge is -2.11. The van der Waals surface area contributed by atoms with Gasteiger partial charge in [0.1, 0.15) is 5.82 Å². The SMILES string of the molecule is CNC(=O)Cc1ccccc1NC(=O)CCc1c(-c2ccc(F)cc2)[nH]c2ccccc12. The number of likely N-dealkylation sites (N-methyl/N-ethyl adjacent to an activating group) is 1. The number of para-hydroxylation sites is 2. The third-order valence-electron chi connectivity index (χ3n) is 5.47. The van der Waals surface area contributed by atoms with Crippen molar-refractivity contribution in [2.45, 2.75) is 19.3 Å². The molecule has 0 saturated carbocycles. The van der Waals surface area contributed by atoms with Crippen molar-refractivity contribution in [2.75, 3.05) is 12.4 Å². The van der Waals surface area contributed by atoms with E-state index in [1.165, 1.54) is 12.1 Å². The summed E-state index contributed by atoms with van der Waals surface area (Å²) in [5.41, 5.74) is 5.14. The van der Waals surface area contributed by atoms with Gasteiger partial charge in [-0.1, -0.05) is 36.4 Å². The quantitative estimate of drug-likeness (QED) is 0.394. The highest BCUT2D eigenvalue weighted by molar-refractivity contribution is 5.95. The lowest BCUT2D eigenvalue weighted by molar-refractivity contribution is -0.120. The van der Waals surface area contributed by atoms with Gasteiger partial charge in [-0.05, 0) is 59.5 Å². The number of aryl methyl sites for hydroxylation is 1. The second-order valence-electron chi connectivity index (χ2n) is 7.59. The van der Waals surface area contributed by atoms with Gasteiger partial charge in [-0.25, -0.2) is 4.39 Å². The number of H-pyrrole nitrogens is 1. The first kappa shape index (κ1) is 21.3. The minimum atomic E-state index is -0.291. The van der Waals surface area contributed by atoms with Crippen LogP contribution >= 0.6 is 0 Å². The lowest BCUT2D eigenvalue weighted by atomic mass is 10.0. The molecule has 0 aliphatic carbocycles. The minimum absolute atomic E-state index is 0.116. The smallest absolute Gasteiger partial charge is 0.224 e. The number of amides is 2. The fraction of sp³-hybridized carbons (Fsp3) is 0.154. The maximum absolute atomic E-state index is 13.4. The van der Waals surface area contributed by atoms with Crippen LogP contribution in [0.2, 0.25) is 0 Å². The zero-order valence-corrected chi connectivity index (χ0v) is 17.7. The van der Waals surface area contributed by atoms with Crippen LogP contribution in [0.3, 0.4) is 0 Å². The van der Waals surface area contributed by atoms with Gasteiger partial charge in [0.25, 0.3) is 0 Å². The zero-order chi connectivity index (χ0) is 22.5. The molecule has 32 heavy (non-hydrogen) atoms. The van der Waals surface area contributed by atoms with E-state index in [-0.39, 0.29) is 30.5 Å². The average Bonchev–Trinajstić information content (AvgIpc) is 3.18. The number of carbonyl (C=O) groups is 2. The molecule has 2 amide bonds. The fourth-order valence-electron chi connectivity index (χ4n) is 3.83. The standard InChI is InChI=1S/C26H24FN3O2/c1-28-25(32)16-18-6-2-4-8-22(18)29-24(31)15-14-21-20-7-3-5-9-23(20)30-26(21)17-10-12-19(27)13-11-17/h2-13,30H,14-16H2,1H3,(H,28,32)(H,29,31). The molecule has 162 valence electrons. The van der Waals surface area contributed by atoms with Gasteiger partial charge in [0.2, 0.25) is 11.8 Å².